The van der Waals surface area contributed by atoms with E-state index < -0.39 is 10.0 Å². The molecular weight excluding hydrogens is 468 g/mol. The van der Waals surface area contributed by atoms with Crippen molar-refractivity contribution in [2.75, 3.05) is 0 Å². The second-order valence-corrected chi connectivity index (χ2v) is 10.5. The Balaban J connectivity index is 1.61. The summed E-state index contributed by atoms with van der Waals surface area (Å²) in [5.74, 6) is 0.475. The SMILES string of the molecule is Cc1ccc(S(=O)(=O)N=Nc2c3ccccc3c3[nH]c4c5ccccc5c5ccccc5c4n23)cc1. The Bertz CT molecular complexity index is 2120. The Morgan fingerprint density at radius 1 is 0.667 bits per heavy atom. The van der Waals surface area contributed by atoms with E-state index >= 15 is 0 Å². The van der Waals surface area contributed by atoms with E-state index in [1.807, 2.05) is 59.9 Å². The lowest BCUT2D eigenvalue weighted by Crippen LogP contribution is -1.95. The molecule has 7 heteroatoms. The number of rotatable bonds is 3. The van der Waals surface area contributed by atoms with E-state index in [1.54, 1.807) is 24.3 Å². The van der Waals surface area contributed by atoms with Crippen LogP contribution in [0.15, 0.2) is 112 Å². The van der Waals surface area contributed by atoms with E-state index in [1.165, 1.54) is 0 Å². The third-order valence-electron chi connectivity index (χ3n) is 6.79. The molecule has 0 unspecified atom stereocenters. The molecule has 0 bridgehead atoms. The zero-order chi connectivity index (χ0) is 24.4. The predicted molar refractivity (Wildman–Crippen MR) is 145 cm³/mol. The van der Waals surface area contributed by atoms with Crippen LogP contribution in [0.25, 0.3) is 49.0 Å². The number of nitrogens with zero attached hydrogens (tertiary/aromatic N) is 3. The zero-order valence-electron chi connectivity index (χ0n) is 19.3. The van der Waals surface area contributed by atoms with E-state index in [-0.39, 0.29) is 4.90 Å². The van der Waals surface area contributed by atoms with Crippen molar-refractivity contribution in [3.05, 3.63) is 103 Å². The van der Waals surface area contributed by atoms with Crippen molar-refractivity contribution in [2.45, 2.75) is 11.8 Å². The number of sulfonamides is 1. The van der Waals surface area contributed by atoms with Crippen LogP contribution in [0.1, 0.15) is 5.56 Å². The summed E-state index contributed by atoms with van der Waals surface area (Å²) in [5, 5.41) is 10.6. The fourth-order valence-electron chi connectivity index (χ4n) is 5.12. The quantitative estimate of drug-likeness (QED) is 0.205. The molecule has 2 aromatic heterocycles. The van der Waals surface area contributed by atoms with Crippen molar-refractivity contribution in [3.8, 4) is 0 Å². The molecule has 0 saturated heterocycles. The van der Waals surface area contributed by atoms with Gasteiger partial charge in [0.25, 0.3) is 10.0 Å². The largest absolute Gasteiger partial charge is 0.339 e. The van der Waals surface area contributed by atoms with Crippen LogP contribution in [-0.2, 0) is 10.0 Å². The number of imidazole rings is 1. The summed E-state index contributed by atoms with van der Waals surface area (Å²) < 4.78 is 31.9. The smallest absolute Gasteiger partial charge is 0.299 e. The number of nitrogens with one attached hydrogen (secondary N) is 1. The highest BCUT2D eigenvalue weighted by Gasteiger charge is 2.21. The van der Waals surface area contributed by atoms with Crippen LogP contribution < -0.4 is 0 Å². The minimum Gasteiger partial charge on any atom is -0.339 e. The summed E-state index contributed by atoms with van der Waals surface area (Å²) in [6, 6.07) is 31.0. The molecule has 36 heavy (non-hydrogen) atoms. The molecule has 174 valence electrons. The lowest BCUT2D eigenvalue weighted by Gasteiger charge is -2.07. The first kappa shape index (κ1) is 20.8. The third kappa shape index (κ3) is 2.93. The summed E-state index contributed by atoms with van der Waals surface area (Å²) in [6.45, 7) is 1.91. The first-order valence-corrected chi connectivity index (χ1v) is 13.1. The molecule has 7 aromatic rings. The number of aryl methyl sites for hydroxylation is 1. The van der Waals surface area contributed by atoms with Gasteiger partial charge in [0.05, 0.1) is 15.9 Å². The fraction of sp³-hybridized carbons (Fsp3) is 0.0345. The van der Waals surface area contributed by atoms with Crippen LogP contribution in [0.5, 0.6) is 0 Å². The Morgan fingerprint density at radius 3 is 1.92 bits per heavy atom. The van der Waals surface area contributed by atoms with Crippen molar-refractivity contribution in [1.29, 1.82) is 0 Å². The normalized spacial score (nSPS) is 12.7. The van der Waals surface area contributed by atoms with Gasteiger partial charge in [-0.15, -0.1) is 5.11 Å². The minimum atomic E-state index is -3.97. The first-order valence-electron chi connectivity index (χ1n) is 11.6. The maximum atomic E-state index is 13.0. The maximum Gasteiger partial charge on any atom is 0.299 e. The number of aromatic nitrogens is 2. The van der Waals surface area contributed by atoms with Crippen LogP contribution >= 0.6 is 0 Å². The van der Waals surface area contributed by atoms with Gasteiger partial charge in [-0.05, 0) is 29.8 Å². The highest BCUT2D eigenvalue weighted by atomic mass is 32.2. The maximum absolute atomic E-state index is 13.0. The standard InChI is InChI=1S/C29H20N4O2S/c1-18-14-16-19(17-15-18)36(34,35)32-31-29-25-13-7-6-12-24(25)28-30-26-22-10-4-2-8-20(22)21-9-3-5-11-23(21)27(26)33(28)29/h2-17,30H,1H3. The van der Waals surface area contributed by atoms with Crippen molar-refractivity contribution in [2.24, 2.45) is 9.63 Å². The Morgan fingerprint density at radius 2 is 1.22 bits per heavy atom. The van der Waals surface area contributed by atoms with Crippen LogP contribution in [0, 0.1) is 6.92 Å². The van der Waals surface area contributed by atoms with Gasteiger partial charge in [-0.2, -0.15) is 8.42 Å². The van der Waals surface area contributed by atoms with E-state index in [9.17, 15) is 8.42 Å². The minimum absolute atomic E-state index is 0.115. The molecule has 7 rings (SSSR count). The Labute approximate surface area is 206 Å². The van der Waals surface area contributed by atoms with Crippen LogP contribution in [-0.4, -0.2) is 17.8 Å². The van der Waals surface area contributed by atoms with Crippen LogP contribution in [0.4, 0.5) is 5.82 Å². The molecule has 6 nitrogen and oxygen atoms in total. The van der Waals surface area contributed by atoms with Crippen molar-refractivity contribution >= 4 is 64.8 Å². The zero-order valence-corrected chi connectivity index (χ0v) is 20.1. The molecule has 0 aliphatic rings. The topological polar surface area (TPSA) is 79.1 Å². The van der Waals surface area contributed by atoms with Crippen molar-refractivity contribution in [1.82, 2.24) is 9.38 Å². The predicted octanol–water partition coefficient (Wildman–Crippen LogP) is 7.66. The van der Waals surface area contributed by atoms with Gasteiger partial charge in [-0.25, -0.2) is 0 Å². The van der Waals surface area contributed by atoms with Gasteiger partial charge < -0.3 is 4.98 Å². The number of H-pyrrole nitrogens is 1. The van der Waals surface area contributed by atoms with E-state index in [4.69, 9.17) is 0 Å². The number of hydrogen-bond acceptors (Lipinski definition) is 3. The summed E-state index contributed by atoms with van der Waals surface area (Å²) in [4.78, 5) is 3.74. The summed E-state index contributed by atoms with van der Waals surface area (Å²) in [5.41, 5.74) is 3.74. The molecule has 0 amide bonds. The molecule has 0 fully saturated rings. The van der Waals surface area contributed by atoms with Gasteiger partial charge in [0.1, 0.15) is 5.65 Å². The number of benzene rings is 5. The number of hydrogen-bond donors (Lipinski definition) is 1. The average Bonchev–Trinajstić information content (AvgIpc) is 3.44. The van der Waals surface area contributed by atoms with Crippen molar-refractivity contribution < 1.29 is 8.42 Å². The second-order valence-electron chi connectivity index (χ2n) is 8.96. The molecule has 2 heterocycles. The molecule has 0 radical (unpaired) electrons. The van der Waals surface area contributed by atoms with Gasteiger partial charge in [0.15, 0.2) is 5.82 Å². The van der Waals surface area contributed by atoms with E-state index in [0.717, 1.165) is 54.6 Å². The molecule has 0 spiro atoms. The van der Waals surface area contributed by atoms with E-state index in [0.29, 0.717) is 5.82 Å². The molecular formula is C29H20N4O2S. The number of aromatic amines is 1. The molecule has 5 aromatic carbocycles. The summed E-state index contributed by atoms with van der Waals surface area (Å²) in [7, 11) is -3.97. The Kier molecular flexibility index (Phi) is 4.34. The average molecular weight is 489 g/mol. The summed E-state index contributed by atoms with van der Waals surface area (Å²) >= 11 is 0. The monoisotopic (exact) mass is 488 g/mol. The highest BCUT2D eigenvalue weighted by Crippen LogP contribution is 2.41. The van der Waals surface area contributed by atoms with Gasteiger partial charge in [0, 0.05) is 21.5 Å². The lowest BCUT2D eigenvalue weighted by atomic mass is 10.00. The van der Waals surface area contributed by atoms with Gasteiger partial charge in [-0.3, -0.25) is 4.40 Å². The Hall–Kier alpha value is -4.49. The van der Waals surface area contributed by atoms with Gasteiger partial charge in [-0.1, -0.05) is 95.0 Å². The molecule has 0 aliphatic heterocycles. The summed E-state index contributed by atoms with van der Waals surface area (Å²) in [6.07, 6.45) is 0. The van der Waals surface area contributed by atoms with Gasteiger partial charge >= 0.3 is 0 Å². The van der Waals surface area contributed by atoms with Crippen molar-refractivity contribution in [3.63, 3.8) is 0 Å². The van der Waals surface area contributed by atoms with E-state index in [2.05, 4.69) is 38.9 Å². The second kappa shape index (κ2) is 7.50. The van der Waals surface area contributed by atoms with Crippen LogP contribution in [0.2, 0.25) is 0 Å². The van der Waals surface area contributed by atoms with Crippen LogP contribution in [0.3, 0.4) is 0 Å². The fourth-order valence-corrected chi connectivity index (χ4v) is 5.88. The lowest BCUT2D eigenvalue weighted by molar-refractivity contribution is 0.595. The molecule has 1 N–H and O–H groups in total. The first-order chi connectivity index (χ1) is 17.5. The van der Waals surface area contributed by atoms with Gasteiger partial charge in [0.2, 0.25) is 0 Å². The third-order valence-corrected chi connectivity index (χ3v) is 7.96. The molecule has 0 atom stereocenters. The molecule has 0 saturated carbocycles. The molecule has 0 aliphatic carbocycles. The number of fused-ring (bicyclic) bond motifs is 10. The highest BCUT2D eigenvalue weighted by molar-refractivity contribution is 7.90.